The molecule has 2 N–H and O–H groups in total. The maximum absolute atomic E-state index is 11.2. The molecule has 0 amide bonds. The van der Waals surface area contributed by atoms with Crippen LogP contribution in [0.1, 0.15) is 40.5 Å². The van der Waals surface area contributed by atoms with Gasteiger partial charge in [-0.05, 0) is 26.7 Å². The summed E-state index contributed by atoms with van der Waals surface area (Å²) in [5, 5.41) is 17.3. The van der Waals surface area contributed by atoms with Crippen molar-refractivity contribution in [2.45, 2.75) is 46.1 Å². The Balaban J connectivity index is 3.20. The molecule has 0 aliphatic carbocycles. The largest absolute Gasteiger partial charge is 0.364 e. The van der Waals surface area contributed by atoms with Crippen LogP contribution in [-0.4, -0.2) is 27.0 Å². The molecule has 7 nitrogen and oxygen atoms in total. The maximum atomic E-state index is 11.2. The van der Waals surface area contributed by atoms with Crippen molar-refractivity contribution in [3.8, 4) is 0 Å². The number of nitro groups is 1. The van der Waals surface area contributed by atoms with Crippen LogP contribution >= 0.6 is 0 Å². The van der Waals surface area contributed by atoms with E-state index in [9.17, 15) is 10.1 Å². The number of aromatic nitrogens is 2. The van der Waals surface area contributed by atoms with Crippen LogP contribution in [0.2, 0.25) is 0 Å². The van der Waals surface area contributed by atoms with Crippen LogP contribution in [0.15, 0.2) is 6.33 Å². The predicted octanol–water partition coefficient (Wildman–Crippen LogP) is 2.81. The number of hydrogen-bond donors (Lipinski definition) is 2. The average molecular weight is 267 g/mol. The normalized spacial score (nSPS) is 11.2. The molecule has 0 aliphatic rings. The number of nitrogens with one attached hydrogen (secondary N) is 2. The Labute approximate surface area is 113 Å². The molecule has 0 saturated heterocycles. The van der Waals surface area contributed by atoms with Gasteiger partial charge in [0.1, 0.15) is 6.33 Å². The van der Waals surface area contributed by atoms with E-state index in [2.05, 4.69) is 20.6 Å². The summed E-state index contributed by atoms with van der Waals surface area (Å²) in [6.45, 7) is 8.52. The van der Waals surface area contributed by atoms with Crippen LogP contribution in [0.3, 0.4) is 0 Å². The molecule has 7 heteroatoms. The van der Waals surface area contributed by atoms with Crippen molar-refractivity contribution in [1.82, 2.24) is 9.97 Å². The summed E-state index contributed by atoms with van der Waals surface area (Å²) in [5.41, 5.74) is -0.319. The SMILES string of the molecule is CCNc1ncnc(NC(C)(CC)CC)c1[N+](=O)[O-]. The van der Waals surface area contributed by atoms with Crippen molar-refractivity contribution in [3.63, 3.8) is 0 Å². The second-order valence-electron chi connectivity index (χ2n) is 4.60. The lowest BCUT2D eigenvalue weighted by atomic mass is 9.95. The molecule has 0 saturated carbocycles. The molecule has 1 rings (SSSR count). The van der Waals surface area contributed by atoms with E-state index in [4.69, 9.17) is 0 Å². The topological polar surface area (TPSA) is 93.0 Å². The van der Waals surface area contributed by atoms with Gasteiger partial charge in [0.2, 0.25) is 11.6 Å². The van der Waals surface area contributed by atoms with Crippen molar-refractivity contribution in [2.24, 2.45) is 0 Å². The van der Waals surface area contributed by atoms with Gasteiger partial charge in [0, 0.05) is 12.1 Å². The molecular formula is C12H21N5O2. The molecule has 106 valence electrons. The Morgan fingerprint density at radius 2 is 1.84 bits per heavy atom. The van der Waals surface area contributed by atoms with Gasteiger partial charge >= 0.3 is 5.69 Å². The fourth-order valence-corrected chi connectivity index (χ4v) is 1.65. The monoisotopic (exact) mass is 267 g/mol. The van der Waals surface area contributed by atoms with Crippen LogP contribution < -0.4 is 10.6 Å². The first-order valence-electron chi connectivity index (χ1n) is 6.48. The third-order valence-electron chi connectivity index (χ3n) is 3.33. The minimum atomic E-state index is -0.452. The van der Waals surface area contributed by atoms with E-state index in [0.717, 1.165) is 12.8 Å². The van der Waals surface area contributed by atoms with Gasteiger partial charge in [-0.2, -0.15) is 0 Å². The van der Waals surface area contributed by atoms with Crippen LogP contribution in [0.4, 0.5) is 17.3 Å². The lowest BCUT2D eigenvalue weighted by Gasteiger charge is -2.28. The Hall–Kier alpha value is -1.92. The zero-order valence-electron chi connectivity index (χ0n) is 11.9. The smallest absolute Gasteiger partial charge is 0.353 e. The number of anilines is 2. The molecule has 0 fully saturated rings. The molecule has 1 heterocycles. The second kappa shape index (κ2) is 6.31. The average Bonchev–Trinajstić information content (AvgIpc) is 2.39. The summed E-state index contributed by atoms with van der Waals surface area (Å²) in [7, 11) is 0. The lowest BCUT2D eigenvalue weighted by molar-refractivity contribution is -0.383. The summed E-state index contributed by atoms with van der Waals surface area (Å²) in [6, 6.07) is 0. The molecule has 1 aromatic heterocycles. The quantitative estimate of drug-likeness (QED) is 0.583. The van der Waals surface area contributed by atoms with Crippen molar-refractivity contribution in [2.75, 3.05) is 17.2 Å². The minimum absolute atomic E-state index is 0.0996. The van der Waals surface area contributed by atoms with Gasteiger partial charge in [-0.15, -0.1) is 0 Å². The minimum Gasteiger partial charge on any atom is -0.364 e. The van der Waals surface area contributed by atoms with Crippen LogP contribution in [0, 0.1) is 10.1 Å². The highest BCUT2D eigenvalue weighted by molar-refractivity contribution is 5.69. The Kier molecular flexibility index (Phi) is 5.02. The highest BCUT2D eigenvalue weighted by Crippen LogP contribution is 2.32. The first-order valence-corrected chi connectivity index (χ1v) is 6.48. The second-order valence-corrected chi connectivity index (χ2v) is 4.60. The molecule has 19 heavy (non-hydrogen) atoms. The number of hydrogen-bond acceptors (Lipinski definition) is 6. The maximum Gasteiger partial charge on any atom is 0.353 e. The van der Waals surface area contributed by atoms with Crippen LogP contribution in [-0.2, 0) is 0 Å². The van der Waals surface area contributed by atoms with Crippen LogP contribution in [0.5, 0.6) is 0 Å². The summed E-state index contributed by atoms with van der Waals surface area (Å²) < 4.78 is 0. The number of nitrogens with zero attached hydrogens (tertiary/aromatic N) is 3. The summed E-state index contributed by atoms with van der Waals surface area (Å²) in [6.07, 6.45) is 3.03. The number of rotatable bonds is 7. The third kappa shape index (κ3) is 3.52. The van der Waals surface area contributed by atoms with E-state index in [1.807, 2.05) is 27.7 Å². The van der Waals surface area contributed by atoms with Gasteiger partial charge in [-0.1, -0.05) is 13.8 Å². The van der Waals surface area contributed by atoms with Gasteiger partial charge in [0.05, 0.1) is 4.92 Å². The van der Waals surface area contributed by atoms with E-state index in [1.54, 1.807) is 0 Å². The lowest BCUT2D eigenvalue weighted by Crippen LogP contribution is -2.33. The van der Waals surface area contributed by atoms with Crippen molar-refractivity contribution in [3.05, 3.63) is 16.4 Å². The Bertz CT molecular complexity index is 446. The van der Waals surface area contributed by atoms with E-state index in [1.165, 1.54) is 6.33 Å². The summed E-state index contributed by atoms with van der Waals surface area (Å²) in [5.74, 6) is 0.515. The standard InChI is InChI=1S/C12H21N5O2/c1-5-12(4,6-2)16-11-9(17(18)19)10(13-7-3)14-8-15-11/h8H,5-7H2,1-4H3,(H2,13,14,15,16). The van der Waals surface area contributed by atoms with Crippen molar-refractivity contribution < 1.29 is 4.92 Å². The van der Waals surface area contributed by atoms with E-state index >= 15 is 0 Å². The highest BCUT2D eigenvalue weighted by Gasteiger charge is 2.28. The Morgan fingerprint density at radius 1 is 1.26 bits per heavy atom. The molecular weight excluding hydrogens is 246 g/mol. The van der Waals surface area contributed by atoms with Gasteiger partial charge in [-0.3, -0.25) is 10.1 Å². The highest BCUT2D eigenvalue weighted by atomic mass is 16.6. The molecule has 1 aromatic rings. The first kappa shape index (κ1) is 15.1. The fourth-order valence-electron chi connectivity index (χ4n) is 1.65. The van der Waals surface area contributed by atoms with E-state index in [-0.39, 0.29) is 22.9 Å². The van der Waals surface area contributed by atoms with Gasteiger partial charge in [0.15, 0.2) is 0 Å². The van der Waals surface area contributed by atoms with Gasteiger partial charge in [-0.25, -0.2) is 9.97 Å². The first-order chi connectivity index (χ1) is 8.97. The predicted molar refractivity (Wildman–Crippen MR) is 75.5 cm³/mol. The zero-order chi connectivity index (χ0) is 14.5. The zero-order valence-corrected chi connectivity index (χ0v) is 11.9. The molecule has 0 spiro atoms. The van der Waals surface area contributed by atoms with Crippen LogP contribution in [0.25, 0.3) is 0 Å². The van der Waals surface area contributed by atoms with Crippen molar-refractivity contribution >= 4 is 17.3 Å². The summed E-state index contributed by atoms with van der Waals surface area (Å²) >= 11 is 0. The fraction of sp³-hybridized carbons (Fsp3) is 0.667. The molecule has 0 bridgehead atoms. The Morgan fingerprint density at radius 3 is 2.32 bits per heavy atom. The van der Waals surface area contributed by atoms with Crippen molar-refractivity contribution in [1.29, 1.82) is 0 Å². The van der Waals surface area contributed by atoms with Gasteiger partial charge in [0.25, 0.3) is 0 Å². The summed E-state index contributed by atoms with van der Waals surface area (Å²) in [4.78, 5) is 18.7. The van der Waals surface area contributed by atoms with Gasteiger partial charge < -0.3 is 10.6 Å². The third-order valence-corrected chi connectivity index (χ3v) is 3.33. The molecule has 0 radical (unpaired) electrons. The van der Waals surface area contributed by atoms with E-state index < -0.39 is 4.92 Å². The molecule has 0 unspecified atom stereocenters. The molecule has 0 aromatic carbocycles. The van der Waals surface area contributed by atoms with E-state index in [0.29, 0.717) is 6.54 Å². The molecule has 0 atom stereocenters. The molecule has 0 aliphatic heterocycles.